The largest absolute Gasteiger partial charge is 0.352 e. The van der Waals surface area contributed by atoms with Gasteiger partial charge < -0.3 is 10.2 Å². The predicted octanol–water partition coefficient (Wildman–Crippen LogP) is 1.91. The van der Waals surface area contributed by atoms with Crippen LogP contribution in [0.15, 0.2) is 51.7 Å². The zero-order valence-corrected chi connectivity index (χ0v) is 16.3. The lowest BCUT2D eigenvalue weighted by Crippen LogP contribution is -2.39. The standard InChI is InChI=1S/C17H24N4O2S2/c1-18-17(21(3)11-10-15-5-4-12-24-15)20-13-14-6-8-16(9-7-14)25(22,23)19-2/h4-9,12,19H,10-11,13H2,1-3H3,(H,18,20). The van der Waals surface area contributed by atoms with E-state index in [1.54, 1.807) is 42.6 Å². The molecule has 0 aliphatic heterocycles. The Morgan fingerprint density at radius 3 is 2.52 bits per heavy atom. The molecule has 0 radical (unpaired) electrons. The topological polar surface area (TPSA) is 73.8 Å². The summed E-state index contributed by atoms with van der Waals surface area (Å²) in [5, 5.41) is 5.39. The van der Waals surface area contributed by atoms with Crippen molar-refractivity contribution in [1.29, 1.82) is 0 Å². The number of guanidine groups is 1. The maximum absolute atomic E-state index is 11.7. The molecule has 0 amide bonds. The fraction of sp³-hybridized carbons (Fsp3) is 0.353. The predicted molar refractivity (Wildman–Crippen MR) is 104 cm³/mol. The van der Waals surface area contributed by atoms with E-state index >= 15 is 0 Å². The number of aliphatic imine (C=N–C) groups is 1. The second-order valence-electron chi connectivity index (χ2n) is 5.50. The fourth-order valence-electron chi connectivity index (χ4n) is 2.31. The summed E-state index contributed by atoms with van der Waals surface area (Å²) < 4.78 is 25.8. The molecule has 25 heavy (non-hydrogen) atoms. The van der Waals surface area contributed by atoms with E-state index < -0.39 is 10.0 Å². The summed E-state index contributed by atoms with van der Waals surface area (Å²) in [5.41, 5.74) is 0.989. The highest BCUT2D eigenvalue weighted by atomic mass is 32.2. The first-order valence-corrected chi connectivity index (χ1v) is 10.3. The van der Waals surface area contributed by atoms with Gasteiger partial charge in [-0.25, -0.2) is 13.1 Å². The van der Waals surface area contributed by atoms with Crippen LogP contribution in [-0.2, 0) is 23.0 Å². The van der Waals surface area contributed by atoms with Gasteiger partial charge in [-0.05, 0) is 42.6 Å². The van der Waals surface area contributed by atoms with E-state index in [-0.39, 0.29) is 4.90 Å². The second kappa shape index (κ2) is 8.98. The summed E-state index contributed by atoms with van der Waals surface area (Å²) in [5.74, 6) is 0.809. The van der Waals surface area contributed by atoms with Crippen LogP contribution in [0.1, 0.15) is 10.4 Å². The van der Waals surface area contributed by atoms with Crippen molar-refractivity contribution in [2.45, 2.75) is 17.9 Å². The van der Waals surface area contributed by atoms with Gasteiger partial charge in [0, 0.05) is 32.1 Å². The van der Waals surface area contributed by atoms with Crippen LogP contribution in [0.25, 0.3) is 0 Å². The second-order valence-corrected chi connectivity index (χ2v) is 8.42. The Labute approximate surface area is 153 Å². The Morgan fingerprint density at radius 2 is 1.96 bits per heavy atom. The van der Waals surface area contributed by atoms with Gasteiger partial charge in [0.1, 0.15) is 0 Å². The minimum absolute atomic E-state index is 0.260. The van der Waals surface area contributed by atoms with Crippen molar-refractivity contribution in [3.63, 3.8) is 0 Å². The van der Waals surface area contributed by atoms with Crippen molar-refractivity contribution in [3.05, 3.63) is 52.2 Å². The van der Waals surface area contributed by atoms with Crippen LogP contribution in [-0.4, -0.2) is 47.0 Å². The highest BCUT2D eigenvalue weighted by molar-refractivity contribution is 7.89. The van der Waals surface area contributed by atoms with Gasteiger partial charge in [0.05, 0.1) is 4.90 Å². The quantitative estimate of drug-likeness (QED) is 0.568. The monoisotopic (exact) mass is 380 g/mol. The maximum Gasteiger partial charge on any atom is 0.240 e. The average molecular weight is 381 g/mol. The molecule has 0 bridgehead atoms. The van der Waals surface area contributed by atoms with E-state index in [9.17, 15) is 8.42 Å². The molecular weight excluding hydrogens is 356 g/mol. The molecule has 8 heteroatoms. The number of sulfonamides is 1. The number of rotatable bonds is 7. The number of likely N-dealkylation sites (N-methyl/N-ethyl adjacent to an activating group) is 1. The van der Waals surface area contributed by atoms with Gasteiger partial charge in [-0.1, -0.05) is 18.2 Å². The van der Waals surface area contributed by atoms with Crippen molar-refractivity contribution in [2.24, 2.45) is 4.99 Å². The van der Waals surface area contributed by atoms with Crippen LogP contribution in [0.4, 0.5) is 0 Å². The normalized spacial score (nSPS) is 12.2. The summed E-state index contributed by atoms with van der Waals surface area (Å²) in [7, 11) is 1.77. The van der Waals surface area contributed by atoms with Gasteiger partial charge in [-0.15, -0.1) is 11.3 Å². The Bertz CT molecular complexity index is 785. The molecule has 1 aromatic carbocycles. The van der Waals surface area contributed by atoms with E-state index in [4.69, 9.17) is 0 Å². The fourth-order valence-corrected chi connectivity index (χ4v) is 3.74. The molecule has 6 nitrogen and oxygen atoms in total. The molecule has 0 saturated heterocycles. The van der Waals surface area contributed by atoms with Crippen molar-refractivity contribution in [1.82, 2.24) is 14.9 Å². The van der Waals surface area contributed by atoms with Crippen molar-refractivity contribution in [2.75, 3.05) is 27.7 Å². The van der Waals surface area contributed by atoms with Crippen LogP contribution in [0.3, 0.4) is 0 Å². The molecule has 0 saturated carbocycles. The molecule has 0 unspecified atom stereocenters. The van der Waals surface area contributed by atoms with Crippen LogP contribution >= 0.6 is 11.3 Å². The lowest BCUT2D eigenvalue weighted by atomic mass is 10.2. The molecule has 0 spiro atoms. The highest BCUT2D eigenvalue weighted by Gasteiger charge is 2.11. The lowest BCUT2D eigenvalue weighted by Gasteiger charge is -2.22. The first kappa shape index (κ1) is 19.4. The van der Waals surface area contributed by atoms with Gasteiger partial charge in [0.25, 0.3) is 0 Å². The molecule has 0 atom stereocenters. The van der Waals surface area contributed by atoms with Crippen LogP contribution < -0.4 is 10.0 Å². The average Bonchev–Trinajstić information content (AvgIpc) is 3.14. The molecule has 0 aliphatic rings. The number of hydrogen-bond donors (Lipinski definition) is 2. The summed E-state index contributed by atoms with van der Waals surface area (Å²) >= 11 is 1.76. The third-order valence-electron chi connectivity index (χ3n) is 3.80. The highest BCUT2D eigenvalue weighted by Crippen LogP contribution is 2.11. The van der Waals surface area contributed by atoms with Crippen LogP contribution in [0.2, 0.25) is 0 Å². The number of benzene rings is 1. The lowest BCUT2D eigenvalue weighted by molar-refractivity contribution is 0.486. The molecule has 2 rings (SSSR count). The zero-order valence-electron chi connectivity index (χ0n) is 14.7. The summed E-state index contributed by atoms with van der Waals surface area (Å²) in [6.45, 7) is 1.45. The first-order chi connectivity index (χ1) is 12.0. The smallest absolute Gasteiger partial charge is 0.240 e. The molecule has 0 fully saturated rings. The van der Waals surface area contributed by atoms with Gasteiger partial charge in [-0.2, -0.15) is 0 Å². The van der Waals surface area contributed by atoms with Crippen molar-refractivity contribution in [3.8, 4) is 0 Å². The molecule has 136 valence electrons. The van der Waals surface area contributed by atoms with Crippen LogP contribution in [0.5, 0.6) is 0 Å². The van der Waals surface area contributed by atoms with Crippen molar-refractivity contribution < 1.29 is 8.42 Å². The molecule has 0 aliphatic carbocycles. The van der Waals surface area contributed by atoms with E-state index in [2.05, 4.69) is 37.4 Å². The number of nitrogens with zero attached hydrogens (tertiary/aromatic N) is 2. The Balaban J connectivity index is 1.89. The van der Waals surface area contributed by atoms with E-state index in [0.717, 1.165) is 24.5 Å². The van der Waals surface area contributed by atoms with E-state index in [1.807, 2.05) is 7.05 Å². The van der Waals surface area contributed by atoms with Gasteiger partial charge in [0.2, 0.25) is 10.0 Å². The van der Waals surface area contributed by atoms with E-state index in [1.165, 1.54) is 11.9 Å². The zero-order chi connectivity index (χ0) is 18.3. The molecule has 1 heterocycles. The Morgan fingerprint density at radius 1 is 1.24 bits per heavy atom. The van der Waals surface area contributed by atoms with E-state index in [0.29, 0.717) is 6.54 Å². The summed E-state index contributed by atoms with van der Waals surface area (Å²) in [6, 6.07) is 11.0. The Hall–Kier alpha value is -1.90. The number of hydrogen-bond acceptors (Lipinski definition) is 4. The van der Waals surface area contributed by atoms with Crippen LogP contribution in [0, 0.1) is 0 Å². The summed E-state index contributed by atoms with van der Waals surface area (Å²) in [6.07, 6.45) is 0.978. The molecular formula is C17H24N4O2S2. The molecule has 1 aromatic heterocycles. The SMILES string of the molecule is CN=C(NCc1ccc(S(=O)(=O)NC)cc1)N(C)CCc1cccs1. The minimum atomic E-state index is -3.39. The van der Waals surface area contributed by atoms with Gasteiger partial charge in [0.15, 0.2) is 5.96 Å². The molecule has 2 N–H and O–H groups in total. The molecule has 2 aromatic rings. The van der Waals surface area contributed by atoms with Crippen molar-refractivity contribution >= 4 is 27.3 Å². The van der Waals surface area contributed by atoms with Gasteiger partial charge >= 0.3 is 0 Å². The number of thiophene rings is 1. The first-order valence-electron chi connectivity index (χ1n) is 7.93. The minimum Gasteiger partial charge on any atom is -0.352 e. The Kier molecular flexibility index (Phi) is 6.98. The number of nitrogens with one attached hydrogen (secondary N) is 2. The van der Waals surface area contributed by atoms with Gasteiger partial charge in [-0.3, -0.25) is 4.99 Å². The third kappa shape index (κ3) is 5.55. The third-order valence-corrected chi connectivity index (χ3v) is 6.17. The summed E-state index contributed by atoms with van der Waals surface area (Å²) in [4.78, 5) is 8.00. The maximum atomic E-state index is 11.7.